The second kappa shape index (κ2) is 5.99. The minimum absolute atomic E-state index is 0.144. The van der Waals surface area contributed by atoms with E-state index >= 15 is 0 Å². The first-order valence-corrected chi connectivity index (χ1v) is 8.96. The number of piperidine rings is 1. The number of carbonyl (C=O) groups is 1. The van der Waals surface area contributed by atoms with Crippen molar-refractivity contribution < 1.29 is 22.7 Å². The summed E-state index contributed by atoms with van der Waals surface area (Å²) in [7, 11) is -1.58. The van der Waals surface area contributed by atoms with Crippen LogP contribution in [0.4, 0.5) is 0 Å². The average Bonchev–Trinajstić information content (AvgIpc) is 2.71. The van der Waals surface area contributed by atoms with Crippen LogP contribution in [0.25, 0.3) is 0 Å². The number of hydrogen-bond donors (Lipinski definition) is 0. The molecule has 0 aliphatic carbocycles. The third-order valence-electron chi connectivity index (χ3n) is 4.20. The van der Waals surface area contributed by atoms with Gasteiger partial charge < -0.3 is 14.4 Å². The molecule has 0 unspecified atom stereocenters. The van der Waals surface area contributed by atoms with E-state index in [9.17, 15) is 13.2 Å². The number of carbonyl (C=O) groups excluding carboxylic acids is 1. The summed E-state index contributed by atoms with van der Waals surface area (Å²) in [6, 6.07) is 0. The highest BCUT2D eigenvalue weighted by molar-refractivity contribution is 7.91. The van der Waals surface area contributed by atoms with Crippen molar-refractivity contribution in [2.75, 3.05) is 45.4 Å². The van der Waals surface area contributed by atoms with Gasteiger partial charge in [-0.25, -0.2) is 8.42 Å². The molecule has 0 N–H and O–H groups in total. The Bertz CT molecular complexity index is 453. The second-order valence-corrected chi connectivity index (χ2v) is 8.18. The van der Waals surface area contributed by atoms with Gasteiger partial charge in [0.25, 0.3) is 0 Å². The molecule has 20 heavy (non-hydrogen) atoms. The first-order valence-electron chi connectivity index (χ1n) is 6.90. The van der Waals surface area contributed by atoms with Gasteiger partial charge in [0.2, 0.25) is 5.91 Å². The largest absolute Gasteiger partial charge is 0.382 e. The maximum absolute atomic E-state index is 11.9. The van der Waals surface area contributed by atoms with Crippen LogP contribution in [0.5, 0.6) is 0 Å². The van der Waals surface area contributed by atoms with Crippen molar-refractivity contribution in [1.29, 1.82) is 0 Å². The van der Waals surface area contributed by atoms with E-state index < -0.39 is 9.84 Å². The third kappa shape index (κ3) is 3.93. The molecule has 6 nitrogen and oxygen atoms in total. The van der Waals surface area contributed by atoms with Crippen molar-refractivity contribution in [3.8, 4) is 0 Å². The Hall–Kier alpha value is -0.660. The van der Waals surface area contributed by atoms with E-state index in [1.54, 1.807) is 12.0 Å². The number of sulfone groups is 1. The average molecular weight is 305 g/mol. The number of ether oxygens (including phenoxy) is 2. The summed E-state index contributed by atoms with van der Waals surface area (Å²) in [5.41, 5.74) is 0.144. The Morgan fingerprint density at radius 1 is 1.40 bits per heavy atom. The molecule has 0 bridgehead atoms. The molecule has 116 valence electrons. The monoisotopic (exact) mass is 305 g/mol. The predicted molar refractivity (Wildman–Crippen MR) is 74.2 cm³/mol. The molecule has 1 spiro atoms. The molecular formula is C13H23NO5S. The summed E-state index contributed by atoms with van der Waals surface area (Å²) in [6.07, 6.45) is 3.97. The lowest BCUT2D eigenvalue weighted by Crippen LogP contribution is -2.45. The van der Waals surface area contributed by atoms with Crippen molar-refractivity contribution >= 4 is 15.7 Å². The van der Waals surface area contributed by atoms with Crippen LogP contribution in [0.15, 0.2) is 0 Å². The lowest BCUT2D eigenvalue weighted by atomic mass is 9.76. The molecule has 0 aromatic heterocycles. The van der Waals surface area contributed by atoms with Gasteiger partial charge in [0.15, 0.2) is 9.84 Å². The van der Waals surface area contributed by atoms with Crippen LogP contribution in [-0.4, -0.2) is 70.8 Å². The Labute approximate surface area is 120 Å². The quantitative estimate of drug-likeness (QED) is 0.735. The molecule has 0 saturated carbocycles. The summed E-state index contributed by atoms with van der Waals surface area (Å²) >= 11 is 0. The van der Waals surface area contributed by atoms with Gasteiger partial charge in [0, 0.05) is 26.5 Å². The summed E-state index contributed by atoms with van der Waals surface area (Å²) < 4.78 is 33.2. The van der Waals surface area contributed by atoms with Gasteiger partial charge in [0.05, 0.1) is 19.3 Å². The number of nitrogens with zero attached hydrogens (tertiary/aromatic N) is 1. The van der Waals surface area contributed by atoms with Gasteiger partial charge >= 0.3 is 0 Å². The van der Waals surface area contributed by atoms with Gasteiger partial charge in [-0.15, -0.1) is 0 Å². The highest BCUT2D eigenvalue weighted by Crippen LogP contribution is 2.41. The maximum Gasteiger partial charge on any atom is 0.237 e. The molecule has 2 heterocycles. The highest BCUT2D eigenvalue weighted by Gasteiger charge is 2.43. The van der Waals surface area contributed by atoms with E-state index in [-0.39, 0.29) is 23.2 Å². The fraction of sp³-hybridized carbons (Fsp3) is 0.923. The molecule has 0 aromatic rings. The molecule has 2 rings (SSSR count). The fourth-order valence-corrected chi connectivity index (χ4v) is 3.71. The molecule has 1 atom stereocenters. The molecule has 2 saturated heterocycles. The fourth-order valence-electron chi connectivity index (χ4n) is 3.08. The lowest BCUT2D eigenvalue weighted by molar-refractivity contribution is -0.130. The van der Waals surface area contributed by atoms with Crippen LogP contribution in [-0.2, 0) is 24.1 Å². The standard InChI is InChI=1S/C13H23NO5S/c1-18-8-11-7-13(10-19-11)3-5-14(6-4-13)12(15)9-20(2,16)17/h11H,3-10H2,1-2H3/t11-/m0/s1. The van der Waals surface area contributed by atoms with Gasteiger partial charge in [0.1, 0.15) is 5.75 Å². The van der Waals surface area contributed by atoms with Crippen LogP contribution in [0.3, 0.4) is 0 Å². The highest BCUT2D eigenvalue weighted by atomic mass is 32.2. The van der Waals surface area contributed by atoms with Gasteiger partial charge in [-0.05, 0) is 24.7 Å². The van der Waals surface area contributed by atoms with Crippen molar-refractivity contribution in [2.24, 2.45) is 5.41 Å². The molecule has 7 heteroatoms. The number of amides is 1. The zero-order chi connectivity index (χ0) is 14.8. The topological polar surface area (TPSA) is 72.9 Å². The van der Waals surface area contributed by atoms with Crippen LogP contribution in [0.1, 0.15) is 19.3 Å². The van der Waals surface area contributed by atoms with Crippen molar-refractivity contribution in [2.45, 2.75) is 25.4 Å². The van der Waals surface area contributed by atoms with Crippen molar-refractivity contribution in [1.82, 2.24) is 4.90 Å². The maximum atomic E-state index is 11.9. The zero-order valence-corrected chi connectivity index (χ0v) is 12.9. The molecule has 1 amide bonds. The van der Waals surface area contributed by atoms with Gasteiger partial charge in [-0.3, -0.25) is 4.79 Å². The first-order chi connectivity index (χ1) is 9.34. The van der Waals surface area contributed by atoms with Gasteiger partial charge in [-0.1, -0.05) is 0 Å². The molecular weight excluding hydrogens is 282 g/mol. The SMILES string of the molecule is COC[C@@H]1CC2(CCN(C(=O)CS(C)(=O)=O)CC2)CO1. The number of methoxy groups -OCH3 is 1. The molecule has 2 fully saturated rings. The van der Waals surface area contributed by atoms with E-state index in [2.05, 4.69) is 0 Å². The van der Waals surface area contributed by atoms with Crippen molar-refractivity contribution in [3.05, 3.63) is 0 Å². The molecule has 2 aliphatic rings. The van der Waals surface area contributed by atoms with E-state index in [1.165, 1.54) is 0 Å². The van der Waals surface area contributed by atoms with Crippen LogP contribution < -0.4 is 0 Å². The summed E-state index contributed by atoms with van der Waals surface area (Å²) in [5, 5.41) is 0. The van der Waals surface area contributed by atoms with E-state index in [4.69, 9.17) is 9.47 Å². The van der Waals surface area contributed by atoms with Crippen LogP contribution in [0, 0.1) is 5.41 Å². The third-order valence-corrected chi connectivity index (χ3v) is 4.97. The Morgan fingerprint density at radius 2 is 2.05 bits per heavy atom. The first kappa shape index (κ1) is 15.7. The Balaban J connectivity index is 1.85. The lowest BCUT2D eigenvalue weighted by Gasteiger charge is -2.38. The van der Waals surface area contributed by atoms with E-state index in [0.29, 0.717) is 19.7 Å². The van der Waals surface area contributed by atoms with Crippen molar-refractivity contribution in [3.63, 3.8) is 0 Å². The molecule has 0 radical (unpaired) electrons. The van der Waals surface area contributed by atoms with Crippen LogP contribution >= 0.6 is 0 Å². The number of hydrogen-bond acceptors (Lipinski definition) is 5. The van der Waals surface area contributed by atoms with E-state index in [0.717, 1.165) is 32.1 Å². The summed E-state index contributed by atoms with van der Waals surface area (Å²) in [4.78, 5) is 13.5. The molecule has 2 aliphatic heterocycles. The van der Waals surface area contributed by atoms with Gasteiger partial charge in [-0.2, -0.15) is 0 Å². The number of rotatable bonds is 4. The van der Waals surface area contributed by atoms with E-state index in [1.807, 2.05) is 0 Å². The summed E-state index contributed by atoms with van der Waals surface area (Å²) in [5.74, 6) is -0.669. The second-order valence-electron chi connectivity index (χ2n) is 6.04. The Kier molecular flexibility index (Phi) is 4.71. The Morgan fingerprint density at radius 3 is 2.60 bits per heavy atom. The minimum Gasteiger partial charge on any atom is -0.382 e. The number of likely N-dealkylation sites (tertiary alicyclic amines) is 1. The zero-order valence-electron chi connectivity index (χ0n) is 12.1. The minimum atomic E-state index is -3.25. The summed E-state index contributed by atoms with van der Waals surface area (Å²) in [6.45, 7) is 2.57. The predicted octanol–water partition coefficient (Wildman–Crippen LogP) is 0.0751. The van der Waals surface area contributed by atoms with Crippen LogP contribution in [0.2, 0.25) is 0 Å². The molecule has 0 aromatic carbocycles. The smallest absolute Gasteiger partial charge is 0.237 e. The normalized spacial score (nSPS) is 26.1.